The van der Waals surface area contributed by atoms with Crippen molar-refractivity contribution in [3.05, 3.63) is 23.1 Å². The number of fused-ring (bicyclic) bond motifs is 1. The van der Waals surface area contributed by atoms with Crippen molar-refractivity contribution in [2.24, 2.45) is 0 Å². The summed E-state index contributed by atoms with van der Waals surface area (Å²) in [7, 11) is -9.57. The van der Waals surface area contributed by atoms with E-state index in [0.29, 0.717) is 0 Å². The number of rotatable bonds is 7. The number of aromatic nitrogens is 3. The van der Waals surface area contributed by atoms with Gasteiger partial charge in [-0.25, -0.2) is 18.3 Å². The highest BCUT2D eigenvalue weighted by Crippen LogP contribution is 2.55. The molecule has 0 spiro atoms. The number of hydrogen-bond donors (Lipinski definition) is 5. The second-order valence-electron chi connectivity index (χ2n) is 8.11. The maximum absolute atomic E-state index is 13.7. The summed E-state index contributed by atoms with van der Waals surface area (Å²) in [4.78, 5) is 32.9. The van der Waals surface area contributed by atoms with Crippen LogP contribution in [0.5, 0.6) is 0 Å². The molecule has 2 aromatic heterocycles. The van der Waals surface area contributed by atoms with E-state index >= 15 is 0 Å². The molecule has 0 saturated carbocycles. The molecule has 18 heteroatoms. The summed E-state index contributed by atoms with van der Waals surface area (Å²) in [6.07, 6.45) is -4.89. The maximum atomic E-state index is 13.7. The van der Waals surface area contributed by atoms with Gasteiger partial charge in [-0.1, -0.05) is 11.6 Å². The van der Waals surface area contributed by atoms with Crippen LogP contribution in [0.25, 0.3) is 5.65 Å². The molecule has 0 bridgehead atoms. The van der Waals surface area contributed by atoms with E-state index in [4.69, 9.17) is 26.1 Å². The molecule has 13 nitrogen and oxygen atoms in total. The first-order chi connectivity index (χ1) is 15.7. The minimum atomic E-state index is -4.86. The van der Waals surface area contributed by atoms with Gasteiger partial charge in [0.1, 0.15) is 24.4 Å². The van der Waals surface area contributed by atoms with E-state index in [2.05, 4.69) is 14.6 Å². The number of halogens is 3. The Hall–Kier alpha value is -1.25. The van der Waals surface area contributed by atoms with Crippen LogP contribution in [0.4, 0.5) is 14.5 Å². The molecule has 0 aliphatic carbocycles. The summed E-state index contributed by atoms with van der Waals surface area (Å²) in [5.41, 5.74) is 0.555. The molecule has 5 N–H and O–H groups in total. The van der Waals surface area contributed by atoms with Crippen molar-refractivity contribution in [2.75, 3.05) is 30.5 Å². The predicted molar refractivity (Wildman–Crippen MR) is 112 cm³/mol. The fourth-order valence-electron chi connectivity index (χ4n) is 3.90. The van der Waals surface area contributed by atoms with Gasteiger partial charge in [0.05, 0.1) is 30.7 Å². The standard InChI is InChI=1S/C16H21ClF2N4O9P2/c17-11-3-8(22-2-1-16(18,19)6-22)15-20-4-9(23(15)21-11)14-13(25)12(24)10(32-14)5-31-34(29,30)7-33(26,27)28/h3-4,10,12-14,24-25H,1-2,5-7H2,(H,29,30)(H2,26,27,28)/t10-,12-,13-,14+/m1/s1. The lowest BCUT2D eigenvalue weighted by molar-refractivity contribution is -0.0204. The van der Waals surface area contributed by atoms with Gasteiger partial charge < -0.3 is 39.1 Å². The van der Waals surface area contributed by atoms with Gasteiger partial charge in [0.15, 0.2) is 16.7 Å². The Morgan fingerprint density at radius 2 is 1.97 bits per heavy atom. The number of alkyl halides is 2. The first kappa shape index (κ1) is 25.8. The second-order valence-corrected chi connectivity index (χ2v) is 12.5. The van der Waals surface area contributed by atoms with Crippen molar-refractivity contribution < 1.29 is 52.1 Å². The predicted octanol–water partition coefficient (Wildman–Crippen LogP) is 0.727. The van der Waals surface area contributed by atoms with Gasteiger partial charge in [-0.15, -0.1) is 0 Å². The second kappa shape index (κ2) is 9.00. The largest absolute Gasteiger partial charge is 0.387 e. The molecule has 4 heterocycles. The van der Waals surface area contributed by atoms with Crippen LogP contribution in [0.15, 0.2) is 12.3 Å². The fourth-order valence-corrected chi connectivity index (χ4v) is 6.65. The summed E-state index contributed by atoms with van der Waals surface area (Å²) < 4.78 is 61.7. The van der Waals surface area contributed by atoms with Gasteiger partial charge in [-0.05, 0) is 0 Å². The summed E-state index contributed by atoms with van der Waals surface area (Å²) >= 11 is 6.09. The van der Waals surface area contributed by atoms with E-state index in [1.165, 1.54) is 21.7 Å². The van der Waals surface area contributed by atoms with Crippen LogP contribution in [0, 0.1) is 0 Å². The molecule has 4 rings (SSSR count). The zero-order chi connectivity index (χ0) is 25.1. The van der Waals surface area contributed by atoms with Crippen molar-refractivity contribution in [1.82, 2.24) is 14.6 Å². The Morgan fingerprint density at radius 3 is 2.59 bits per heavy atom. The molecular formula is C16H21ClF2N4O9P2. The molecular weight excluding hydrogens is 528 g/mol. The van der Waals surface area contributed by atoms with E-state index < -0.39 is 64.6 Å². The topological polar surface area (TPSA) is 187 Å². The molecule has 2 fully saturated rings. The van der Waals surface area contributed by atoms with Crippen LogP contribution in [0.3, 0.4) is 0 Å². The molecule has 2 aromatic rings. The number of anilines is 1. The lowest BCUT2D eigenvalue weighted by Gasteiger charge is -2.20. The third kappa shape index (κ3) is 5.44. The molecule has 34 heavy (non-hydrogen) atoms. The number of imidazole rings is 1. The molecule has 2 aliphatic rings. The van der Waals surface area contributed by atoms with E-state index in [1.807, 2.05) is 0 Å². The van der Waals surface area contributed by atoms with Crippen LogP contribution in [0.1, 0.15) is 18.2 Å². The van der Waals surface area contributed by atoms with Gasteiger partial charge in [0.25, 0.3) is 5.92 Å². The zero-order valence-electron chi connectivity index (χ0n) is 17.2. The van der Waals surface area contributed by atoms with E-state index in [0.717, 1.165) is 0 Å². The third-order valence-corrected chi connectivity index (χ3v) is 9.05. The Balaban J connectivity index is 1.56. The summed E-state index contributed by atoms with van der Waals surface area (Å²) in [6.45, 7) is -1.25. The zero-order valence-corrected chi connectivity index (χ0v) is 19.7. The third-order valence-electron chi connectivity index (χ3n) is 5.41. The maximum Gasteiger partial charge on any atom is 0.340 e. The van der Waals surface area contributed by atoms with Crippen molar-refractivity contribution >= 4 is 38.1 Å². The van der Waals surface area contributed by atoms with Gasteiger partial charge >= 0.3 is 15.2 Å². The Bertz CT molecular complexity index is 1180. The smallest absolute Gasteiger partial charge is 0.340 e. The quantitative estimate of drug-likeness (QED) is 0.306. The summed E-state index contributed by atoms with van der Waals surface area (Å²) in [6, 6.07) is 1.38. The number of aliphatic hydroxyl groups is 2. The first-order valence-electron chi connectivity index (χ1n) is 9.85. The molecule has 1 unspecified atom stereocenters. The van der Waals surface area contributed by atoms with Crippen molar-refractivity contribution in [3.63, 3.8) is 0 Å². The molecule has 2 saturated heterocycles. The van der Waals surface area contributed by atoms with Gasteiger partial charge in [-0.2, -0.15) is 5.10 Å². The molecule has 2 aliphatic heterocycles. The van der Waals surface area contributed by atoms with Crippen molar-refractivity contribution in [3.8, 4) is 0 Å². The van der Waals surface area contributed by atoms with Crippen LogP contribution in [0.2, 0.25) is 5.15 Å². The molecule has 0 radical (unpaired) electrons. The fraction of sp³-hybridized carbons (Fsp3) is 0.625. The van der Waals surface area contributed by atoms with Crippen LogP contribution >= 0.6 is 26.8 Å². The number of aliphatic hydroxyl groups excluding tert-OH is 2. The van der Waals surface area contributed by atoms with Crippen molar-refractivity contribution in [2.45, 2.75) is 36.8 Å². The number of hydrogen-bond acceptors (Lipinski definition) is 9. The Labute approximate surface area is 195 Å². The van der Waals surface area contributed by atoms with Gasteiger partial charge in [0, 0.05) is 19.0 Å². The van der Waals surface area contributed by atoms with Crippen LogP contribution in [-0.4, -0.2) is 89.3 Å². The summed E-state index contributed by atoms with van der Waals surface area (Å²) in [5.74, 6) is -4.31. The van der Waals surface area contributed by atoms with E-state index in [1.54, 1.807) is 0 Å². The molecule has 190 valence electrons. The Morgan fingerprint density at radius 1 is 1.26 bits per heavy atom. The summed E-state index contributed by atoms with van der Waals surface area (Å²) in [5, 5.41) is 24.9. The van der Waals surface area contributed by atoms with Gasteiger partial charge in [-0.3, -0.25) is 9.13 Å². The number of nitrogens with zero attached hydrogens (tertiary/aromatic N) is 4. The average Bonchev–Trinajstić information content (AvgIpc) is 3.34. The lowest BCUT2D eigenvalue weighted by atomic mass is 10.1. The number of ether oxygens (including phenoxy) is 1. The monoisotopic (exact) mass is 548 g/mol. The molecule has 5 atom stereocenters. The average molecular weight is 549 g/mol. The lowest BCUT2D eigenvalue weighted by Crippen LogP contribution is -2.33. The molecule has 0 amide bonds. The highest BCUT2D eigenvalue weighted by Gasteiger charge is 2.46. The molecule has 0 aromatic carbocycles. The normalized spacial score (nSPS) is 29.1. The van der Waals surface area contributed by atoms with E-state index in [9.17, 15) is 33.0 Å². The highest BCUT2D eigenvalue weighted by molar-refractivity contribution is 7.70. The van der Waals surface area contributed by atoms with Crippen LogP contribution < -0.4 is 4.90 Å². The SMILES string of the molecule is O=P(O)(O)CP(=O)(O)OC[C@H]1O[C@@H](c2cnc3c(N4CCC(F)(F)C4)cc(Cl)nn23)[C@H](O)[C@@H]1O. The first-order valence-corrected chi connectivity index (χ1v) is 13.8. The Kier molecular flexibility index (Phi) is 6.84. The van der Waals surface area contributed by atoms with Crippen molar-refractivity contribution in [1.29, 1.82) is 0 Å². The van der Waals surface area contributed by atoms with Crippen LogP contribution in [-0.2, 0) is 18.4 Å². The minimum Gasteiger partial charge on any atom is -0.387 e. The van der Waals surface area contributed by atoms with Gasteiger partial charge in [0.2, 0.25) is 0 Å². The minimum absolute atomic E-state index is 0.0523. The highest BCUT2D eigenvalue weighted by atomic mass is 35.5. The van der Waals surface area contributed by atoms with E-state index in [-0.39, 0.29) is 35.1 Å².